The third-order valence-electron chi connectivity index (χ3n) is 1.37. The molecule has 0 spiro atoms. The van der Waals surface area contributed by atoms with Crippen molar-refractivity contribution in [2.75, 3.05) is 0 Å². The third kappa shape index (κ3) is 1.21. The smallest absolute Gasteiger partial charge is 0.0837 e. The van der Waals surface area contributed by atoms with Crippen molar-refractivity contribution in [3.63, 3.8) is 0 Å². The summed E-state index contributed by atoms with van der Waals surface area (Å²) in [4.78, 5) is 7.96. The van der Waals surface area contributed by atoms with E-state index in [0.29, 0.717) is 0 Å². The predicted molar refractivity (Wildman–Crippen MR) is 42.8 cm³/mol. The number of rotatable bonds is 2. The van der Waals surface area contributed by atoms with Gasteiger partial charge in [-0.2, -0.15) is 0 Å². The van der Waals surface area contributed by atoms with Crippen molar-refractivity contribution < 1.29 is 0 Å². The fraction of sp³-hybridized carbons (Fsp3) is 0.250. The molecule has 0 aliphatic rings. The standard InChI is InChI=1S/C8H10N2/c1-3-7-8(9-2)5-4-6-10-7/h4-6H,2-3H2,1H3. The van der Waals surface area contributed by atoms with Crippen LogP contribution in [0.4, 0.5) is 5.69 Å². The van der Waals surface area contributed by atoms with Crippen molar-refractivity contribution in [1.29, 1.82) is 0 Å². The number of hydrogen-bond donors (Lipinski definition) is 0. The fourth-order valence-electron chi connectivity index (χ4n) is 0.846. The Labute approximate surface area is 60.6 Å². The summed E-state index contributed by atoms with van der Waals surface area (Å²) in [5.74, 6) is 0. The van der Waals surface area contributed by atoms with Gasteiger partial charge in [-0.25, -0.2) is 0 Å². The Morgan fingerprint density at radius 1 is 1.70 bits per heavy atom. The van der Waals surface area contributed by atoms with Gasteiger partial charge < -0.3 is 0 Å². The summed E-state index contributed by atoms with van der Waals surface area (Å²) < 4.78 is 0. The van der Waals surface area contributed by atoms with Gasteiger partial charge in [0, 0.05) is 6.20 Å². The van der Waals surface area contributed by atoms with Crippen molar-refractivity contribution >= 4 is 12.4 Å². The maximum Gasteiger partial charge on any atom is 0.0837 e. The fourth-order valence-corrected chi connectivity index (χ4v) is 0.846. The largest absolute Gasteiger partial charge is 0.263 e. The minimum absolute atomic E-state index is 0.894. The molecule has 0 radical (unpaired) electrons. The third-order valence-corrected chi connectivity index (χ3v) is 1.37. The van der Waals surface area contributed by atoms with Crippen molar-refractivity contribution in [3.8, 4) is 0 Å². The average Bonchev–Trinajstić information content (AvgIpc) is 2.04. The van der Waals surface area contributed by atoms with E-state index >= 15 is 0 Å². The van der Waals surface area contributed by atoms with Crippen LogP contribution in [0, 0.1) is 0 Å². The van der Waals surface area contributed by atoms with Gasteiger partial charge in [0.15, 0.2) is 0 Å². The molecule has 0 bridgehead atoms. The summed E-state index contributed by atoms with van der Waals surface area (Å²) in [7, 11) is 0. The number of aliphatic imine (C=N–C) groups is 1. The minimum Gasteiger partial charge on any atom is -0.263 e. The zero-order chi connectivity index (χ0) is 7.40. The monoisotopic (exact) mass is 134 g/mol. The lowest BCUT2D eigenvalue weighted by Crippen LogP contribution is -1.84. The highest BCUT2D eigenvalue weighted by molar-refractivity contribution is 5.48. The molecule has 0 fully saturated rings. The summed E-state index contributed by atoms with van der Waals surface area (Å²) >= 11 is 0. The molecular weight excluding hydrogens is 124 g/mol. The second-order valence-electron chi connectivity index (χ2n) is 1.98. The van der Waals surface area contributed by atoms with E-state index in [4.69, 9.17) is 0 Å². The minimum atomic E-state index is 0.894. The van der Waals surface area contributed by atoms with Gasteiger partial charge in [-0.05, 0) is 25.3 Å². The molecule has 0 atom stereocenters. The van der Waals surface area contributed by atoms with E-state index in [1.54, 1.807) is 6.20 Å². The summed E-state index contributed by atoms with van der Waals surface area (Å²) in [6.07, 6.45) is 2.68. The number of aromatic nitrogens is 1. The Bertz CT molecular complexity index is 230. The molecule has 0 aliphatic heterocycles. The zero-order valence-electron chi connectivity index (χ0n) is 6.04. The Kier molecular flexibility index (Phi) is 2.15. The zero-order valence-corrected chi connectivity index (χ0v) is 6.04. The molecule has 0 amide bonds. The summed E-state index contributed by atoms with van der Waals surface area (Å²) in [5, 5.41) is 0. The summed E-state index contributed by atoms with van der Waals surface area (Å²) in [5.41, 5.74) is 1.91. The van der Waals surface area contributed by atoms with Crippen LogP contribution >= 0.6 is 0 Å². The van der Waals surface area contributed by atoms with Crippen LogP contribution in [0.25, 0.3) is 0 Å². The molecule has 0 saturated heterocycles. The Morgan fingerprint density at radius 3 is 3.00 bits per heavy atom. The summed E-state index contributed by atoms with van der Waals surface area (Å²) in [6, 6.07) is 3.78. The Morgan fingerprint density at radius 2 is 2.50 bits per heavy atom. The van der Waals surface area contributed by atoms with Gasteiger partial charge >= 0.3 is 0 Å². The molecule has 1 heterocycles. The molecule has 10 heavy (non-hydrogen) atoms. The van der Waals surface area contributed by atoms with E-state index in [2.05, 4.69) is 23.6 Å². The summed E-state index contributed by atoms with van der Waals surface area (Å²) in [6.45, 7) is 5.50. The highest BCUT2D eigenvalue weighted by atomic mass is 14.8. The first kappa shape index (κ1) is 6.93. The van der Waals surface area contributed by atoms with Crippen LogP contribution in [-0.4, -0.2) is 11.7 Å². The molecule has 1 aromatic rings. The lowest BCUT2D eigenvalue weighted by molar-refractivity contribution is 1.03. The SMILES string of the molecule is C=Nc1cccnc1CC. The second kappa shape index (κ2) is 3.11. The second-order valence-corrected chi connectivity index (χ2v) is 1.98. The first-order valence-corrected chi connectivity index (χ1v) is 3.29. The Balaban J connectivity index is 3.08. The van der Waals surface area contributed by atoms with Gasteiger partial charge in [0.1, 0.15) is 0 Å². The molecule has 2 heteroatoms. The van der Waals surface area contributed by atoms with Crippen LogP contribution in [0.5, 0.6) is 0 Å². The van der Waals surface area contributed by atoms with E-state index in [0.717, 1.165) is 17.8 Å². The molecule has 0 N–H and O–H groups in total. The molecule has 0 aliphatic carbocycles. The number of nitrogens with zero attached hydrogens (tertiary/aromatic N) is 2. The van der Waals surface area contributed by atoms with Gasteiger partial charge in [-0.15, -0.1) is 0 Å². The van der Waals surface area contributed by atoms with Crippen LogP contribution < -0.4 is 0 Å². The Hall–Kier alpha value is -1.18. The maximum absolute atomic E-state index is 4.13. The highest BCUT2D eigenvalue weighted by Crippen LogP contribution is 2.14. The lowest BCUT2D eigenvalue weighted by atomic mass is 10.2. The molecule has 1 rings (SSSR count). The predicted octanol–water partition coefficient (Wildman–Crippen LogP) is 1.98. The van der Waals surface area contributed by atoms with Gasteiger partial charge in [0.05, 0.1) is 11.4 Å². The van der Waals surface area contributed by atoms with E-state index < -0.39 is 0 Å². The van der Waals surface area contributed by atoms with Crippen LogP contribution in [-0.2, 0) is 6.42 Å². The van der Waals surface area contributed by atoms with Crippen LogP contribution in [0.2, 0.25) is 0 Å². The normalized spacial score (nSPS) is 9.30. The van der Waals surface area contributed by atoms with Gasteiger partial charge in [0.25, 0.3) is 0 Å². The van der Waals surface area contributed by atoms with Crippen molar-refractivity contribution in [3.05, 3.63) is 24.0 Å². The van der Waals surface area contributed by atoms with Gasteiger partial charge in [-0.3, -0.25) is 9.98 Å². The van der Waals surface area contributed by atoms with Crippen molar-refractivity contribution in [1.82, 2.24) is 4.98 Å². The average molecular weight is 134 g/mol. The molecule has 2 nitrogen and oxygen atoms in total. The van der Waals surface area contributed by atoms with E-state index in [1.165, 1.54) is 0 Å². The van der Waals surface area contributed by atoms with E-state index in [-0.39, 0.29) is 0 Å². The first-order chi connectivity index (χ1) is 4.88. The van der Waals surface area contributed by atoms with Crippen LogP contribution in [0.15, 0.2) is 23.3 Å². The van der Waals surface area contributed by atoms with Gasteiger partial charge in [-0.1, -0.05) is 6.92 Å². The molecular formula is C8H10N2. The van der Waals surface area contributed by atoms with Gasteiger partial charge in [0.2, 0.25) is 0 Å². The molecule has 52 valence electrons. The molecule has 0 unspecified atom stereocenters. The maximum atomic E-state index is 4.13. The van der Waals surface area contributed by atoms with E-state index in [1.807, 2.05) is 12.1 Å². The lowest BCUT2D eigenvalue weighted by Gasteiger charge is -1.97. The quantitative estimate of drug-likeness (QED) is 0.568. The highest BCUT2D eigenvalue weighted by Gasteiger charge is 1.95. The topological polar surface area (TPSA) is 25.2 Å². The number of aryl methyl sites for hydroxylation is 1. The van der Waals surface area contributed by atoms with Crippen LogP contribution in [0.3, 0.4) is 0 Å². The molecule has 0 aromatic carbocycles. The van der Waals surface area contributed by atoms with E-state index in [9.17, 15) is 0 Å². The van der Waals surface area contributed by atoms with Crippen molar-refractivity contribution in [2.24, 2.45) is 4.99 Å². The molecule has 0 saturated carbocycles. The van der Waals surface area contributed by atoms with Crippen molar-refractivity contribution in [2.45, 2.75) is 13.3 Å². The number of hydrogen-bond acceptors (Lipinski definition) is 2. The molecule has 1 aromatic heterocycles. The first-order valence-electron chi connectivity index (χ1n) is 3.29. The van der Waals surface area contributed by atoms with Crippen LogP contribution in [0.1, 0.15) is 12.6 Å². The number of pyridine rings is 1.